The molecule has 2 aromatic heterocycles. The van der Waals surface area contributed by atoms with Crippen molar-refractivity contribution in [3.05, 3.63) is 90.9 Å². The van der Waals surface area contributed by atoms with Gasteiger partial charge in [-0.25, -0.2) is 9.97 Å². The van der Waals surface area contributed by atoms with Gasteiger partial charge in [-0.15, -0.1) is 0 Å². The lowest BCUT2D eigenvalue weighted by Gasteiger charge is -2.33. The number of hydrogen-bond donors (Lipinski definition) is 3. The van der Waals surface area contributed by atoms with Crippen LogP contribution < -0.4 is 16.4 Å². The van der Waals surface area contributed by atoms with Crippen LogP contribution in [0.5, 0.6) is 0 Å². The minimum absolute atomic E-state index is 0.126. The fraction of sp³-hybridized carbons (Fsp3) is 0.185. The summed E-state index contributed by atoms with van der Waals surface area (Å²) in [6.07, 6.45) is 3.41. The van der Waals surface area contributed by atoms with Gasteiger partial charge in [0.05, 0.1) is 24.6 Å². The van der Waals surface area contributed by atoms with Crippen LogP contribution >= 0.6 is 0 Å². The van der Waals surface area contributed by atoms with Crippen LogP contribution in [0, 0.1) is 0 Å². The van der Waals surface area contributed by atoms with Gasteiger partial charge in [0.15, 0.2) is 0 Å². The van der Waals surface area contributed by atoms with Gasteiger partial charge in [-0.3, -0.25) is 14.7 Å². The molecule has 182 valence electrons. The molecule has 5 rings (SSSR count). The lowest BCUT2D eigenvalue weighted by atomic mass is 10.1. The van der Waals surface area contributed by atoms with E-state index < -0.39 is 6.04 Å². The molecule has 0 spiro atoms. The molecule has 2 aromatic carbocycles. The Balaban J connectivity index is 1.30. The van der Waals surface area contributed by atoms with Crippen molar-refractivity contribution in [2.45, 2.75) is 6.04 Å². The van der Waals surface area contributed by atoms with Gasteiger partial charge >= 0.3 is 0 Å². The van der Waals surface area contributed by atoms with Gasteiger partial charge in [0.25, 0.3) is 0 Å². The second-order valence-electron chi connectivity index (χ2n) is 8.39. The number of benzene rings is 2. The molecule has 1 saturated heterocycles. The molecule has 0 saturated carbocycles. The van der Waals surface area contributed by atoms with E-state index in [0.29, 0.717) is 43.6 Å². The van der Waals surface area contributed by atoms with E-state index >= 15 is 0 Å². The Labute approximate surface area is 209 Å². The zero-order valence-corrected chi connectivity index (χ0v) is 19.7. The maximum Gasteiger partial charge on any atom is 0.247 e. The van der Waals surface area contributed by atoms with Gasteiger partial charge in [-0.1, -0.05) is 24.3 Å². The third-order valence-corrected chi connectivity index (χ3v) is 5.87. The van der Waals surface area contributed by atoms with E-state index in [1.807, 2.05) is 72.8 Å². The number of hydrogen-bond acceptors (Lipinski definition) is 8. The number of morpholine rings is 1. The van der Waals surface area contributed by atoms with Crippen LogP contribution in [0.2, 0.25) is 0 Å². The second kappa shape index (κ2) is 10.9. The number of nitrogens with zero attached hydrogens (tertiary/aromatic N) is 4. The first kappa shape index (κ1) is 23.4. The molecule has 36 heavy (non-hydrogen) atoms. The Kier molecular flexibility index (Phi) is 7.11. The predicted molar refractivity (Wildman–Crippen MR) is 140 cm³/mol. The van der Waals surface area contributed by atoms with Crippen LogP contribution in [0.1, 0.15) is 11.7 Å². The minimum atomic E-state index is -0.489. The van der Waals surface area contributed by atoms with Crippen molar-refractivity contribution in [3.8, 4) is 11.3 Å². The smallest absolute Gasteiger partial charge is 0.247 e. The van der Waals surface area contributed by atoms with Gasteiger partial charge in [-0.2, -0.15) is 0 Å². The Morgan fingerprint density at radius 2 is 1.75 bits per heavy atom. The molecule has 1 atom stereocenters. The molecule has 1 aliphatic heterocycles. The van der Waals surface area contributed by atoms with Gasteiger partial charge in [-0.05, 0) is 48.5 Å². The predicted octanol–water partition coefficient (Wildman–Crippen LogP) is 3.88. The van der Waals surface area contributed by atoms with E-state index in [2.05, 4.69) is 30.5 Å². The summed E-state index contributed by atoms with van der Waals surface area (Å²) in [6.45, 7) is 2.54. The molecule has 0 aliphatic carbocycles. The molecular formula is C27H27N7O2. The number of rotatable bonds is 7. The Bertz CT molecular complexity index is 1310. The number of nitrogens with two attached hydrogens (primary N) is 1. The van der Waals surface area contributed by atoms with Crippen molar-refractivity contribution in [2.75, 3.05) is 42.7 Å². The van der Waals surface area contributed by atoms with Crippen LogP contribution in [0.3, 0.4) is 0 Å². The molecule has 0 bridgehead atoms. The molecular weight excluding hydrogens is 454 g/mol. The average Bonchev–Trinajstić information content (AvgIpc) is 2.91. The first-order valence-electron chi connectivity index (χ1n) is 11.8. The maximum absolute atomic E-state index is 13.3. The topological polar surface area (TPSA) is 118 Å². The van der Waals surface area contributed by atoms with E-state index in [-0.39, 0.29) is 5.91 Å². The normalized spacial score (nSPS) is 14.7. The number of anilines is 4. The number of nitrogen functional groups attached to an aromatic ring is 1. The zero-order chi connectivity index (χ0) is 24.7. The Hall–Kier alpha value is -4.34. The largest absolute Gasteiger partial charge is 0.399 e. The number of amides is 1. The Morgan fingerprint density at radius 1 is 0.917 bits per heavy atom. The zero-order valence-electron chi connectivity index (χ0n) is 19.7. The van der Waals surface area contributed by atoms with Crippen molar-refractivity contribution < 1.29 is 9.53 Å². The maximum atomic E-state index is 13.3. The quantitative estimate of drug-likeness (QED) is 0.341. The first-order valence-corrected chi connectivity index (χ1v) is 11.8. The third-order valence-electron chi connectivity index (χ3n) is 5.87. The summed E-state index contributed by atoms with van der Waals surface area (Å²) in [4.78, 5) is 28.8. The SMILES string of the molecule is Nc1cccc(Nc2nccc(-c3ccc(NC(=O)C(c4ccccn4)N4CCOCC4)cc3)n2)c1. The highest BCUT2D eigenvalue weighted by atomic mass is 16.5. The summed E-state index contributed by atoms with van der Waals surface area (Å²) in [5, 5.41) is 6.22. The molecule has 3 heterocycles. The number of aromatic nitrogens is 3. The number of carbonyl (C=O) groups is 1. The lowest BCUT2D eigenvalue weighted by molar-refractivity contribution is -0.123. The highest BCUT2D eigenvalue weighted by molar-refractivity contribution is 5.95. The lowest BCUT2D eigenvalue weighted by Crippen LogP contribution is -2.44. The van der Waals surface area contributed by atoms with Crippen LogP contribution in [-0.2, 0) is 9.53 Å². The van der Waals surface area contributed by atoms with Crippen LogP contribution in [0.25, 0.3) is 11.3 Å². The molecule has 1 fully saturated rings. The highest BCUT2D eigenvalue weighted by Gasteiger charge is 2.30. The molecule has 1 aliphatic rings. The monoisotopic (exact) mass is 481 g/mol. The summed E-state index contributed by atoms with van der Waals surface area (Å²) in [6, 6.07) is 22.0. The van der Waals surface area contributed by atoms with Gasteiger partial charge in [0.2, 0.25) is 11.9 Å². The minimum Gasteiger partial charge on any atom is -0.399 e. The fourth-order valence-corrected chi connectivity index (χ4v) is 4.12. The molecule has 1 unspecified atom stereocenters. The fourth-order valence-electron chi connectivity index (χ4n) is 4.12. The number of pyridine rings is 1. The van der Waals surface area contributed by atoms with E-state index in [9.17, 15) is 4.79 Å². The molecule has 4 aromatic rings. The molecule has 9 heteroatoms. The van der Waals surface area contributed by atoms with Crippen molar-refractivity contribution in [1.82, 2.24) is 19.9 Å². The molecule has 4 N–H and O–H groups in total. The van der Waals surface area contributed by atoms with Crippen LogP contribution in [0.15, 0.2) is 85.2 Å². The summed E-state index contributed by atoms with van der Waals surface area (Å²) in [5.41, 5.74) is 10.4. The standard InChI is InChI=1S/C27H27N7O2/c28-20-4-3-5-22(18-20)32-27-30-13-11-23(33-27)19-7-9-21(10-8-19)31-26(35)25(24-6-1-2-12-29-24)34-14-16-36-17-15-34/h1-13,18,25H,14-17,28H2,(H,31,35)(H,30,32,33). The van der Waals surface area contributed by atoms with Crippen LogP contribution in [0.4, 0.5) is 23.0 Å². The van der Waals surface area contributed by atoms with E-state index in [0.717, 1.165) is 22.6 Å². The third kappa shape index (κ3) is 5.65. The van der Waals surface area contributed by atoms with Crippen LogP contribution in [-0.4, -0.2) is 52.1 Å². The number of ether oxygens (including phenoxy) is 1. The van der Waals surface area contributed by atoms with Crippen molar-refractivity contribution in [2.24, 2.45) is 0 Å². The molecule has 9 nitrogen and oxygen atoms in total. The average molecular weight is 482 g/mol. The second-order valence-corrected chi connectivity index (χ2v) is 8.39. The van der Waals surface area contributed by atoms with Gasteiger partial charge in [0, 0.05) is 48.1 Å². The van der Waals surface area contributed by atoms with Crippen molar-refractivity contribution in [1.29, 1.82) is 0 Å². The van der Waals surface area contributed by atoms with E-state index in [1.165, 1.54) is 0 Å². The molecule has 1 amide bonds. The summed E-state index contributed by atoms with van der Waals surface area (Å²) >= 11 is 0. The Morgan fingerprint density at radius 3 is 2.50 bits per heavy atom. The van der Waals surface area contributed by atoms with E-state index in [1.54, 1.807) is 12.4 Å². The number of nitrogens with one attached hydrogen (secondary N) is 2. The molecule has 0 radical (unpaired) electrons. The van der Waals surface area contributed by atoms with E-state index in [4.69, 9.17) is 10.5 Å². The van der Waals surface area contributed by atoms with Gasteiger partial charge < -0.3 is 21.1 Å². The summed E-state index contributed by atoms with van der Waals surface area (Å²) < 4.78 is 5.47. The van der Waals surface area contributed by atoms with Gasteiger partial charge in [0.1, 0.15) is 6.04 Å². The van der Waals surface area contributed by atoms with Crippen molar-refractivity contribution in [3.63, 3.8) is 0 Å². The summed E-state index contributed by atoms with van der Waals surface area (Å²) in [5.74, 6) is 0.346. The number of carbonyl (C=O) groups excluding carboxylic acids is 1. The highest BCUT2D eigenvalue weighted by Crippen LogP contribution is 2.25. The summed E-state index contributed by atoms with van der Waals surface area (Å²) in [7, 11) is 0. The first-order chi connectivity index (χ1) is 17.7. The van der Waals surface area contributed by atoms with Crippen molar-refractivity contribution >= 4 is 28.9 Å².